The van der Waals surface area contributed by atoms with Crippen LogP contribution >= 0.6 is 0 Å². The van der Waals surface area contributed by atoms with Gasteiger partial charge in [-0.25, -0.2) is 0 Å². The molecule has 2 amide bonds. The third-order valence-electron chi connectivity index (χ3n) is 5.16. The summed E-state index contributed by atoms with van der Waals surface area (Å²) in [6, 6.07) is 7.54. The monoisotopic (exact) mass is 316 g/mol. The Hall–Kier alpha value is -2.04. The van der Waals surface area contributed by atoms with Crippen LogP contribution in [0.2, 0.25) is 0 Å². The first-order chi connectivity index (χ1) is 11.1. The Balaban J connectivity index is 1.67. The van der Waals surface area contributed by atoms with Crippen LogP contribution in [0.15, 0.2) is 24.3 Å². The predicted octanol–water partition coefficient (Wildman–Crippen LogP) is 2.35. The highest BCUT2D eigenvalue weighted by molar-refractivity contribution is 6.02. The van der Waals surface area contributed by atoms with Gasteiger partial charge in [0.25, 0.3) is 5.91 Å². The van der Waals surface area contributed by atoms with Crippen molar-refractivity contribution in [3.8, 4) is 5.75 Å². The Morgan fingerprint density at radius 3 is 2.91 bits per heavy atom. The van der Waals surface area contributed by atoms with Gasteiger partial charge in [-0.15, -0.1) is 0 Å². The molecule has 0 aromatic heterocycles. The van der Waals surface area contributed by atoms with Crippen LogP contribution in [0, 0.1) is 11.8 Å². The minimum atomic E-state index is -0.177. The Bertz CT molecular complexity index is 602. The number of rotatable bonds is 3. The summed E-state index contributed by atoms with van der Waals surface area (Å²) in [5.74, 6) is 1.48. The van der Waals surface area contributed by atoms with E-state index in [0.717, 1.165) is 12.8 Å². The highest BCUT2D eigenvalue weighted by atomic mass is 16.5. The molecule has 1 aromatic carbocycles. The summed E-state index contributed by atoms with van der Waals surface area (Å²) in [6.45, 7) is 4.48. The number of benzene rings is 1. The van der Waals surface area contributed by atoms with Gasteiger partial charge in [-0.3, -0.25) is 14.5 Å². The van der Waals surface area contributed by atoms with Crippen LogP contribution in [0.3, 0.4) is 0 Å². The summed E-state index contributed by atoms with van der Waals surface area (Å²) in [6.07, 6.45) is 3.39. The molecule has 0 radical (unpaired) electrons. The lowest BCUT2D eigenvalue weighted by molar-refractivity contribution is -0.126. The highest BCUT2D eigenvalue weighted by Gasteiger charge is 2.31. The minimum absolute atomic E-state index is 0.0127. The van der Waals surface area contributed by atoms with Crippen molar-refractivity contribution >= 4 is 17.5 Å². The van der Waals surface area contributed by atoms with Crippen molar-refractivity contribution in [2.45, 2.75) is 39.2 Å². The molecule has 1 heterocycles. The van der Waals surface area contributed by atoms with Crippen molar-refractivity contribution in [3.63, 3.8) is 0 Å². The average molecular weight is 316 g/mol. The van der Waals surface area contributed by atoms with E-state index < -0.39 is 0 Å². The van der Waals surface area contributed by atoms with E-state index in [1.165, 1.54) is 11.3 Å². The number of nitrogens with one attached hydrogen (secondary N) is 1. The van der Waals surface area contributed by atoms with E-state index >= 15 is 0 Å². The van der Waals surface area contributed by atoms with Crippen molar-refractivity contribution in [2.75, 3.05) is 18.1 Å². The average Bonchev–Trinajstić information content (AvgIpc) is 2.54. The zero-order chi connectivity index (χ0) is 16.4. The zero-order valence-corrected chi connectivity index (χ0v) is 13.7. The second-order valence-electron chi connectivity index (χ2n) is 6.68. The number of para-hydroxylation sites is 2. The molecule has 5 nitrogen and oxygen atoms in total. The topological polar surface area (TPSA) is 58.6 Å². The van der Waals surface area contributed by atoms with E-state index in [1.54, 1.807) is 0 Å². The lowest BCUT2D eigenvalue weighted by Gasteiger charge is -2.35. The van der Waals surface area contributed by atoms with Gasteiger partial charge in [-0.1, -0.05) is 38.8 Å². The molecule has 1 fully saturated rings. The van der Waals surface area contributed by atoms with Gasteiger partial charge in [0.15, 0.2) is 6.61 Å². The van der Waals surface area contributed by atoms with Crippen molar-refractivity contribution in [3.05, 3.63) is 24.3 Å². The van der Waals surface area contributed by atoms with E-state index in [0.29, 0.717) is 23.3 Å². The summed E-state index contributed by atoms with van der Waals surface area (Å²) in [5.41, 5.74) is 0.670. The SMILES string of the molecule is C[C@@H]1[C@H](C)CCC[C@@H]1NC(=O)CN1C(=O)COc2ccccc21. The molecule has 2 aliphatic rings. The number of hydrogen-bond donors (Lipinski definition) is 1. The first kappa shape index (κ1) is 15.8. The first-order valence-corrected chi connectivity index (χ1v) is 8.38. The Kier molecular flexibility index (Phi) is 4.55. The molecule has 1 aromatic rings. The number of carbonyl (C=O) groups is 2. The van der Waals surface area contributed by atoms with E-state index in [2.05, 4.69) is 19.2 Å². The fourth-order valence-electron chi connectivity index (χ4n) is 3.51. The molecule has 1 saturated carbocycles. The molecule has 0 bridgehead atoms. The van der Waals surface area contributed by atoms with Crippen LogP contribution in [0.25, 0.3) is 0 Å². The summed E-state index contributed by atoms with van der Waals surface area (Å²) in [7, 11) is 0. The number of hydrogen-bond acceptors (Lipinski definition) is 3. The molecule has 3 rings (SSSR count). The molecule has 1 aliphatic heterocycles. The molecule has 3 atom stereocenters. The molecule has 0 saturated heterocycles. The summed E-state index contributed by atoms with van der Waals surface area (Å²) in [5, 5.41) is 3.12. The summed E-state index contributed by atoms with van der Waals surface area (Å²) >= 11 is 0. The molecule has 1 N–H and O–H groups in total. The molecule has 0 spiro atoms. The normalized spacial score (nSPS) is 27.1. The summed E-state index contributed by atoms with van der Waals surface area (Å²) < 4.78 is 5.41. The van der Waals surface area contributed by atoms with Gasteiger partial charge in [0.1, 0.15) is 12.3 Å². The van der Waals surface area contributed by atoms with Gasteiger partial charge in [-0.2, -0.15) is 0 Å². The Morgan fingerprint density at radius 1 is 1.30 bits per heavy atom. The molecular formula is C18H24N2O3. The minimum Gasteiger partial charge on any atom is -0.482 e. The lowest BCUT2D eigenvalue weighted by Crippen LogP contribution is -2.50. The van der Waals surface area contributed by atoms with Gasteiger partial charge >= 0.3 is 0 Å². The van der Waals surface area contributed by atoms with E-state index in [9.17, 15) is 9.59 Å². The van der Waals surface area contributed by atoms with Gasteiger partial charge < -0.3 is 10.1 Å². The zero-order valence-electron chi connectivity index (χ0n) is 13.7. The Morgan fingerprint density at radius 2 is 2.09 bits per heavy atom. The number of ether oxygens (including phenoxy) is 1. The number of anilines is 1. The van der Waals surface area contributed by atoms with E-state index in [1.807, 2.05) is 24.3 Å². The van der Waals surface area contributed by atoms with Gasteiger partial charge in [0, 0.05) is 6.04 Å². The van der Waals surface area contributed by atoms with E-state index in [-0.39, 0.29) is 31.0 Å². The van der Waals surface area contributed by atoms with Crippen molar-refractivity contribution in [2.24, 2.45) is 11.8 Å². The number of nitrogens with zero attached hydrogens (tertiary/aromatic N) is 1. The molecule has 23 heavy (non-hydrogen) atoms. The van der Waals surface area contributed by atoms with Crippen molar-refractivity contribution in [1.29, 1.82) is 0 Å². The molecule has 1 aliphatic carbocycles. The maximum atomic E-state index is 12.4. The van der Waals surface area contributed by atoms with Crippen LogP contribution in [0.4, 0.5) is 5.69 Å². The third-order valence-corrected chi connectivity index (χ3v) is 5.16. The summed E-state index contributed by atoms with van der Waals surface area (Å²) in [4.78, 5) is 26.1. The van der Waals surface area contributed by atoms with Crippen molar-refractivity contribution in [1.82, 2.24) is 5.32 Å². The van der Waals surface area contributed by atoms with Crippen LogP contribution < -0.4 is 15.0 Å². The van der Waals surface area contributed by atoms with Crippen LogP contribution in [-0.4, -0.2) is 31.0 Å². The van der Waals surface area contributed by atoms with Crippen LogP contribution in [0.1, 0.15) is 33.1 Å². The van der Waals surface area contributed by atoms with Crippen LogP contribution in [0.5, 0.6) is 5.75 Å². The number of amides is 2. The van der Waals surface area contributed by atoms with Crippen LogP contribution in [-0.2, 0) is 9.59 Å². The number of carbonyl (C=O) groups excluding carboxylic acids is 2. The second-order valence-corrected chi connectivity index (χ2v) is 6.68. The predicted molar refractivity (Wildman–Crippen MR) is 88.4 cm³/mol. The maximum Gasteiger partial charge on any atom is 0.265 e. The molecular weight excluding hydrogens is 292 g/mol. The highest BCUT2D eigenvalue weighted by Crippen LogP contribution is 2.32. The molecule has 5 heteroatoms. The first-order valence-electron chi connectivity index (χ1n) is 8.38. The quantitative estimate of drug-likeness (QED) is 0.931. The molecule has 0 unspecified atom stereocenters. The lowest BCUT2D eigenvalue weighted by atomic mass is 9.78. The fourth-order valence-corrected chi connectivity index (χ4v) is 3.51. The second kappa shape index (κ2) is 6.60. The maximum absolute atomic E-state index is 12.4. The fraction of sp³-hybridized carbons (Fsp3) is 0.556. The Labute approximate surface area is 137 Å². The van der Waals surface area contributed by atoms with Gasteiger partial charge in [0.05, 0.1) is 5.69 Å². The smallest absolute Gasteiger partial charge is 0.265 e. The third kappa shape index (κ3) is 3.33. The standard InChI is InChI=1S/C18H24N2O3/c1-12-6-5-7-14(13(12)2)19-17(21)10-20-15-8-3-4-9-16(15)23-11-18(20)22/h3-4,8-9,12-14H,5-7,10-11H2,1-2H3,(H,19,21)/t12-,13-,14+/m1/s1. The molecule has 124 valence electrons. The number of fused-ring (bicyclic) bond motifs is 1. The largest absolute Gasteiger partial charge is 0.482 e. The van der Waals surface area contributed by atoms with Gasteiger partial charge in [0.2, 0.25) is 5.91 Å². The van der Waals surface area contributed by atoms with Gasteiger partial charge in [-0.05, 0) is 30.4 Å². The van der Waals surface area contributed by atoms with E-state index in [4.69, 9.17) is 4.74 Å². The van der Waals surface area contributed by atoms with Crippen molar-refractivity contribution < 1.29 is 14.3 Å².